The maximum Gasteiger partial charge on any atom is 0.326 e. The SMILES string of the molecule is CC(C)C[C@@H](NC(=O)N1C[C@H]2C[C@@H](C1)c1cccc(=O)n1C2)C(=O)O. The summed E-state index contributed by atoms with van der Waals surface area (Å²) < 4.78 is 1.81. The molecule has 3 atom stereocenters. The molecule has 2 amide bonds. The van der Waals surface area contributed by atoms with Gasteiger partial charge in [0.2, 0.25) is 0 Å². The number of pyridine rings is 1. The van der Waals surface area contributed by atoms with Gasteiger partial charge in [0.15, 0.2) is 0 Å². The molecule has 2 bridgehead atoms. The van der Waals surface area contributed by atoms with Crippen molar-refractivity contribution in [3.63, 3.8) is 0 Å². The number of carboxylic acids is 1. The first-order valence-electron chi connectivity index (χ1n) is 8.83. The van der Waals surface area contributed by atoms with Crippen molar-refractivity contribution >= 4 is 12.0 Å². The number of nitrogens with one attached hydrogen (secondary N) is 1. The van der Waals surface area contributed by atoms with E-state index in [-0.39, 0.29) is 29.3 Å². The largest absolute Gasteiger partial charge is 0.480 e. The lowest BCUT2D eigenvalue weighted by molar-refractivity contribution is -0.139. The van der Waals surface area contributed by atoms with Gasteiger partial charge in [-0.2, -0.15) is 0 Å². The summed E-state index contributed by atoms with van der Waals surface area (Å²) in [6.07, 6.45) is 1.36. The van der Waals surface area contributed by atoms with Gasteiger partial charge in [0.25, 0.3) is 5.56 Å². The third-order valence-electron chi connectivity index (χ3n) is 5.07. The summed E-state index contributed by atoms with van der Waals surface area (Å²) in [5, 5.41) is 12.0. The smallest absolute Gasteiger partial charge is 0.326 e. The van der Waals surface area contributed by atoms with Crippen molar-refractivity contribution in [1.29, 1.82) is 0 Å². The zero-order chi connectivity index (χ0) is 18.1. The molecule has 1 fully saturated rings. The minimum Gasteiger partial charge on any atom is -0.480 e. The fourth-order valence-electron chi connectivity index (χ4n) is 4.00. The van der Waals surface area contributed by atoms with Crippen LogP contribution in [0.25, 0.3) is 0 Å². The Morgan fingerprint density at radius 2 is 2.04 bits per heavy atom. The number of carbonyl (C=O) groups excluding carboxylic acids is 1. The van der Waals surface area contributed by atoms with Crippen LogP contribution in [0, 0.1) is 11.8 Å². The maximum absolute atomic E-state index is 12.6. The third kappa shape index (κ3) is 3.70. The zero-order valence-corrected chi connectivity index (χ0v) is 14.6. The molecule has 1 saturated heterocycles. The van der Waals surface area contributed by atoms with Crippen molar-refractivity contribution in [2.24, 2.45) is 11.8 Å². The average molecular weight is 347 g/mol. The van der Waals surface area contributed by atoms with Crippen molar-refractivity contribution in [2.45, 2.75) is 45.2 Å². The molecule has 3 heterocycles. The number of hydrogen-bond donors (Lipinski definition) is 2. The zero-order valence-electron chi connectivity index (χ0n) is 14.6. The molecular weight excluding hydrogens is 322 g/mol. The molecule has 0 saturated carbocycles. The van der Waals surface area contributed by atoms with Crippen molar-refractivity contribution in [1.82, 2.24) is 14.8 Å². The van der Waals surface area contributed by atoms with Gasteiger partial charge in [0.05, 0.1) is 0 Å². The molecule has 0 radical (unpaired) electrons. The number of rotatable bonds is 4. The van der Waals surface area contributed by atoms with E-state index < -0.39 is 12.0 Å². The number of likely N-dealkylation sites (tertiary alicyclic amines) is 1. The molecule has 2 N–H and O–H groups in total. The lowest BCUT2D eigenvalue weighted by Gasteiger charge is -2.42. The van der Waals surface area contributed by atoms with E-state index in [0.717, 1.165) is 12.1 Å². The van der Waals surface area contributed by atoms with Gasteiger partial charge in [-0.25, -0.2) is 9.59 Å². The highest BCUT2D eigenvalue weighted by molar-refractivity contribution is 5.82. The molecule has 1 aromatic rings. The maximum atomic E-state index is 12.6. The Morgan fingerprint density at radius 3 is 2.72 bits per heavy atom. The topological polar surface area (TPSA) is 91.6 Å². The summed E-state index contributed by atoms with van der Waals surface area (Å²) >= 11 is 0. The summed E-state index contributed by atoms with van der Waals surface area (Å²) in [6.45, 7) is 5.55. The molecule has 7 heteroatoms. The summed E-state index contributed by atoms with van der Waals surface area (Å²) in [5.41, 5.74) is 0.978. The molecule has 1 aromatic heterocycles. The van der Waals surface area contributed by atoms with Crippen LogP contribution >= 0.6 is 0 Å². The minimum absolute atomic E-state index is 0.00739. The van der Waals surface area contributed by atoms with Crippen LogP contribution in [-0.2, 0) is 11.3 Å². The minimum atomic E-state index is -1.00. The summed E-state index contributed by atoms with van der Waals surface area (Å²) in [4.78, 5) is 37.7. The Balaban J connectivity index is 1.72. The van der Waals surface area contributed by atoms with E-state index in [4.69, 9.17) is 0 Å². The van der Waals surface area contributed by atoms with E-state index in [1.54, 1.807) is 17.0 Å². The lowest BCUT2D eigenvalue weighted by atomic mass is 9.83. The van der Waals surface area contributed by atoms with Crippen LogP contribution in [-0.4, -0.2) is 45.7 Å². The summed E-state index contributed by atoms with van der Waals surface area (Å²) in [6, 6.07) is 4.08. The number of fused-ring (bicyclic) bond motifs is 4. The molecule has 25 heavy (non-hydrogen) atoms. The Labute approximate surface area is 146 Å². The Hall–Kier alpha value is -2.31. The monoisotopic (exact) mass is 347 g/mol. The van der Waals surface area contributed by atoms with E-state index in [1.807, 2.05) is 24.5 Å². The van der Waals surface area contributed by atoms with Gasteiger partial charge in [-0.05, 0) is 30.7 Å². The molecule has 0 aliphatic carbocycles. The van der Waals surface area contributed by atoms with Crippen LogP contribution < -0.4 is 10.9 Å². The van der Waals surface area contributed by atoms with Crippen LogP contribution in [0.5, 0.6) is 0 Å². The Morgan fingerprint density at radius 1 is 1.28 bits per heavy atom. The number of amides is 2. The van der Waals surface area contributed by atoms with Gasteiger partial charge in [0, 0.05) is 37.3 Å². The van der Waals surface area contributed by atoms with Crippen LogP contribution in [0.3, 0.4) is 0 Å². The summed E-state index contributed by atoms with van der Waals surface area (Å²) in [7, 11) is 0. The molecule has 3 rings (SSSR count). The molecule has 7 nitrogen and oxygen atoms in total. The highest BCUT2D eigenvalue weighted by atomic mass is 16.4. The first-order chi connectivity index (χ1) is 11.8. The predicted molar refractivity (Wildman–Crippen MR) is 92.5 cm³/mol. The van der Waals surface area contributed by atoms with E-state index in [0.29, 0.717) is 26.1 Å². The van der Waals surface area contributed by atoms with Gasteiger partial charge < -0.3 is 19.9 Å². The number of aliphatic carboxylic acids is 1. The van der Waals surface area contributed by atoms with Crippen molar-refractivity contribution in [2.75, 3.05) is 13.1 Å². The van der Waals surface area contributed by atoms with E-state index in [9.17, 15) is 19.5 Å². The second kappa shape index (κ2) is 6.90. The first-order valence-corrected chi connectivity index (χ1v) is 8.83. The Bertz CT molecular complexity index is 727. The average Bonchev–Trinajstić information content (AvgIpc) is 2.54. The quantitative estimate of drug-likeness (QED) is 0.863. The van der Waals surface area contributed by atoms with Crippen LogP contribution in [0.1, 0.15) is 38.3 Å². The normalized spacial score (nSPS) is 23.1. The molecule has 136 valence electrons. The third-order valence-corrected chi connectivity index (χ3v) is 5.07. The van der Waals surface area contributed by atoms with Gasteiger partial charge in [-0.3, -0.25) is 4.79 Å². The van der Waals surface area contributed by atoms with E-state index >= 15 is 0 Å². The van der Waals surface area contributed by atoms with Crippen LogP contribution in [0.15, 0.2) is 23.0 Å². The molecular formula is C18H25N3O4. The molecule has 2 aliphatic heterocycles. The molecule has 2 aliphatic rings. The van der Waals surface area contributed by atoms with Gasteiger partial charge in [-0.1, -0.05) is 19.9 Å². The highest BCUT2D eigenvalue weighted by Gasteiger charge is 2.37. The Kier molecular flexibility index (Phi) is 4.83. The molecule has 0 spiro atoms. The number of carboxylic acid groups (broad SMARTS) is 1. The van der Waals surface area contributed by atoms with Crippen molar-refractivity contribution in [3.05, 3.63) is 34.2 Å². The highest BCUT2D eigenvalue weighted by Crippen LogP contribution is 2.34. The predicted octanol–water partition coefficient (Wildman–Crippen LogP) is 1.48. The number of aromatic nitrogens is 1. The van der Waals surface area contributed by atoms with Crippen LogP contribution in [0.2, 0.25) is 0 Å². The van der Waals surface area contributed by atoms with E-state index in [1.165, 1.54) is 0 Å². The fourth-order valence-corrected chi connectivity index (χ4v) is 4.00. The van der Waals surface area contributed by atoms with E-state index in [2.05, 4.69) is 5.32 Å². The second-order valence-corrected chi connectivity index (χ2v) is 7.57. The number of piperidine rings is 1. The number of nitrogens with zero attached hydrogens (tertiary/aromatic N) is 2. The second-order valence-electron chi connectivity index (χ2n) is 7.57. The number of carbonyl (C=O) groups is 2. The van der Waals surface area contributed by atoms with Gasteiger partial charge >= 0.3 is 12.0 Å². The summed E-state index contributed by atoms with van der Waals surface area (Å²) in [5.74, 6) is -0.469. The van der Waals surface area contributed by atoms with Crippen molar-refractivity contribution in [3.8, 4) is 0 Å². The van der Waals surface area contributed by atoms with Gasteiger partial charge in [0.1, 0.15) is 6.04 Å². The fraction of sp³-hybridized carbons (Fsp3) is 0.611. The number of urea groups is 1. The molecule has 0 aromatic carbocycles. The number of hydrogen-bond acceptors (Lipinski definition) is 3. The van der Waals surface area contributed by atoms with Gasteiger partial charge in [-0.15, -0.1) is 0 Å². The van der Waals surface area contributed by atoms with Crippen LogP contribution in [0.4, 0.5) is 4.79 Å². The lowest BCUT2D eigenvalue weighted by Crippen LogP contribution is -2.54. The molecule has 0 unspecified atom stereocenters. The van der Waals surface area contributed by atoms with Crippen molar-refractivity contribution < 1.29 is 14.7 Å². The first kappa shape index (κ1) is 17.5. The standard InChI is InChI=1S/C18H25N3O4/c1-11(2)6-14(17(23)24)19-18(25)20-8-12-7-13(10-20)15-4-3-5-16(22)21(15)9-12/h3-5,11-14H,6-10H2,1-2H3,(H,19,25)(H,23,24)/t12-,13+,14-/m1/s1.